The third-order valence-corrected chi connectivity index (χ3v) is 4.80. The Labute approximate surface area is 145 Å². The van der Waals surface area contributed by atoms with E-state index in [1.165, 1.54) is 0 Å². The Morgan fingerprint density at radius 3 is 2.16 bits per heavy atom. The molecule has 2 rings (SSSR count). The Kier molecular flexibility index (Phi) is 6.72. The smallest absolute Gasteiger partial charge is 0.309 e. The quantitative estimate of drug-likeness (QED) is 0.214. The minimum absolute atomic E-state index is 0.0104. The van der Waals surface area contributed by atoms with E-state index in [1.807, 2.05) is 0 Å². The third-order valence-electron chi connectivity index (χ3n) is 4.80. The molecule has 0 bridgehead atoms. The summed E-state index contributed by atoms with van der Waals surface area (Å²) in [5.41, 5.74) is 0. The van der Waals surface area contributed by atoms with E-state index >= 15 is 0 Å². The molecule has 0 saturated carbocycles. The maximum Gasteiger partial charge on any atom is 0.309 e. The molecule has 0 spiro atoms. The van der Waals surface area contributed by atoms with E-state index in [9.17, 15) is 24.9 Å². The fourth-order valence-electron chi connectivity index (χ4n) is 3.40. The van der Waals surface area contributed by atoms with Crippen molar-refractivity contribution in [2.75, 3.05) is 46.0 Å². The number of carboxylic acids is 2. The van der Waals surface area contributed by atoms with Crippen LogP contribution in [-0.2, 0) is 14.3 Å². The molecule has 144 valence electrons. The van der Waals surface area contributed by atoms with Crippen molar-refractivity contribution in [3.63, 3.8) is 0 Å². The Morgan fingerprint density at radius 1 is 1.08 bits per heavy atom. The molecule has 5 N–H and O–H groups in total. The van der Waals surface area contributed by atoms with Crippen LogP contribution in [0, 0.1) is 11.8 Å². The molecule has 2 saturated heterocycles. The van der Waals surface area contributed by atoms with Gasteiger partial charge < -0.3 is 30.3 Å². The van der Waals surface area contributed by atoms with Crippen molar-refractivity contribution < 1.29 is 39.9 Å². The lowest BCUT2D eigenvalue weighted by atomic mass is 9.97. The zero-order chi connectivity index (χ0) is 18.6. The van der Waals surface area contributed by atoms with Crippen molar-refractivity contribution in [1.82, 2.24) is 9.80 Å². The summed E-state index contributed by atoms with van der Waals surface area (Å²) in [7, 11) is 0. The fourth-order valence-corrected chi connectivity index (χ4v) is 3.40. The molecule has 0 amide bonds. The van der Waals surface area contributed by atoms with Gasteiger partial charge in [-0.25, -0.2) is 0 Å². The van der Waals surface area contributed by atoms with Crippen LogP contribution < -0.4 is 0 Å². The molecule has 3 unspecified atom stereocenters. The minimum Gasteiger partial charge on any atom is -0.481 e. The Balaban J connectivity index is 2.14. The highest BCUT2D eigenvalue weighted by molar-refractivity contribution is 5.71. The normalized spacial score (nSPS) is 26.1. The van der Waals surface area contributed by atoms with Gasteiger partial charge in [0.2, 0.25) is 5.79 Å². The molecule has 10 heteroatoms. The van der Waals surface area contributed by atoms with Gasteiger partial charge in [0, 0.05) is 32.8 Å². The monoisotopic (exact) mass is 362 g/mol. The molecule has 0 radical (unpaired) electrons. The highest BCUT2D eigenvalue weighted by Gasteiger charge is 2.51. The van der Waals surface area contributed by atoms with E-state index in [0.717, 1.165) is 0 Å². The summed E-state index contributed by atoms with van der Waals surface area (Å²) < 4.78 is 5.41. The van der Waals surface area contributed by atoms with Gasteiger partial charge in [0.25, 0.3) is 0 Å². The number of carbonyl (C=O) groups is 2. The summed E-state index contributed by atoms with van der Waals surface area (Å²) in [6.45, 7) is 0.0745. The average molecular weight is 362 g/mol. The minimum atomic E-state index is -1.99. The highest BCUT2D eigenvalue weighted by atomic mass is 16.6. The van der Waals surface area contributed by atoms with Gasteiger partial charge >= 0.3 is 11.9 Å². The number of nitrogens with zero attached hydrogens (tertiary/aromatic N) is 2. The Hall–Kier alpha value is -1.30. The van der Waals surface area contributed by atoms with E-state index in [-0.39, 0.29) is 39.3 Å². The lowest BCUT2D eigenvalue weighted by Crippen LogP contribution is -2.69. The maximum absolute atomic E-state index is 11.2. The summed E-state index contributed by atoms with van der Waals surface area (Å²) >= 11 is 0. The second-order valence-corrected chi connectivity index (χ2v) is 6.61. The van der Waals surface area contributed by atoms with Crippen LogP contribution in [0.5, 0.6) is 0 Å². The first kappa shape index (κ1) is 20.0. The number of aliphatic hydroxyl groups is 3. The van der Waals surface area contributed by atoms with Crippen molar-refractivity contribution in [2.24, 2.45) is 11.8 Å². The standard InChI is InChI=1S/C15H26N2O8/c18-4-1-5-25-15(24,9-19)14(17-7-11(8-17)13(22)23)16-3-2-10(6-16)12(20)21/h10-11,14,18-19,24H,1-9H2,(H,20,21)(H,22,23). The van der Waals surface area contributed by atoms with Gasteiger partial charge in [-0.1, -0.05) is 0 Å². The molecular weight excluding hydrogens is 336 g/mol. The molecule has 10 nitrogen and oxygen atoms in total. The van der Waals surface area contributed by atoms with Gasteiger partial charge in [-0.3, -0.25) is 19.4 Å². The number of hydrogen-bond donors (Lipinski definition) is 5. The number of ether oxygens (including phenoxy) is 1. The van der Waals surface area contributed by atoms with Crippen molar-refractivity contribution in [2.45, 2.75) is 24.8 Å². The molecule has 0 aromatic carbocycles. The Bertz CT molecular complexity index is 484. The van der Waals surface area contributed by atoms with Gasteiger partial charge in [0.05, 0.1) is 18.4 Å². The Morgan fingerprint density at radius 2 is 1.68 bits per heavy atom. The van der Waals surface area contributed by atoms with Crippen molar-refractivity contribution in [3.8, 4) is 0 Å². The van der Waals surface area contributed by atoms with Crippen LogP contribution in [0.15, 0.2) is 0 Å². The second-order valence-electron chi connectivity index (χ2n) is 6.61. The largest absolute Gasteiger partial charge is 0.481 e. The zero-order valence-electron chi connectivity index (χ0n) is 14.0. The van der Waals surface area contributed by atoms with Crippen molar-refractivity contribution in [1.29, 1.82) is 0 Å². The average Bonchev–Trinajstić information content (AvgIpc) is 2.99. The molecule has 2 fully saturated rings. The van der Waals surface area contributed by atoms with Gasteiger partial charge in [-0.2, -0.15) is 0 Å². The number of hydrogen-bond acceptors (Lipinski definition) is 8. The topological polar surface area (TPSA) is 151 Å². The first-order valence-corrected chi connectivity index (χ1v) is 8.34. The molecule has 2 heterocycles. The molecule has 2 aliphatic rings. The summed E-state index contributed by atoms with van der Waals surface area (Å²) in [5.74, 6) is -5.01. The lowest BCUT2D eigenvalue weighted by molar-refractivity contribution is -0.294. The van der Waals surface area contributed by atoms with Crippen LogP contribution in [0.2, 0.25) is 0 Å². The number of aliphatic hydroxyl groups excluding tert-OH is 2. The van der Waals surface area contributed by atoms with Crippen LogP contribution in [0.4, 0.5) is 0 Å². The van der Waals surface area contributed by atoms with Crippen LogP contribution in [0.1, 0.15) is 12.8 Å². The van der Waals surface area contributed by atoms with Crippen molar-refractivity contribution >= 4 is 11.9 Å². The van der Waals surface area contributed by atoms with E-state index in [0.29, 0.717) is 13.0 Å². The first-order chi connectivity index (χ1) is 11.8. The summed E-state index contributed by atoms with van der Waals surface area (Å²) in [4.78, 5) is 25.7. The third kappa shape index (κ3) is 4.46. The van der Waals surface area contributed by atoms with Gasteiger partial charge in [-0.05, 0) is 12.8 Å². The molecular formula is C15H26N2O8. The SMILES string of the molecule is O=C(O)C1CCN(C(N2CC(C(=O)O)C2)C(O)(CO)OCCCO)C1. The van der Waals surface area contributed by atoms with Crippen LogP contribution in [0.3, 0.4) is 0 Å². The predicted molar refractivity (Wildman–Crippen MR) is 83.5 cm³/mol. The van der Waals surface area contributed by atoms with E-state index in [4.69, 9.17) is 14.9 Å². The number of likely N-dealkylation sites (tertiary alicyclic amines) is 2. The molecule has 0 aromatic heterocycles. The van der Waals surface area contributed by atoms with Crippen LogP contribution >= 0.6 is 0 Å². The fraction of sp³-hybridized carbons (Fsp3) is 0.867. The molecule has 3 atom stereocenters. The van der Waals surface area contributed by atoms with Crippen molar-refractivity contribution in [3.05, 3.63) is 0 Å². The second kappa shape index (κ2) is 8.39. The van der Waals surface area contributed by atoms with Gasteiger partial charge in [0.15, 0.2) is 0 Å². The lowest BCUT2D eigenvalue weighted by Gasteiger charge is -2.51. The summed E-state index contributed by atoms with van der Waals surface area (Å²) in [6, 6.07) is 0. The summed E-state index contributed by atoms with van der Waals surface area (Å²) in [5, 5.41) is 47.6. The van der Waals surface area contributed by atoms with E-state index < -0.39 is 42.3 Å². The number of rotatable bonds is 10. The predicted octanol–water partition coefficient (Wildman–Crippen LogP) is -2.18. The zero-order valence-corrected chi connectivity index (χ0v) is 14.0. The molecule has 0 aromatic rings. The molecule has 2 aliphatic heterocycles. The van der Waals surface area contributed by atoms with E-state index in [2.05, 4.69) is 0 Å². The number of carboxylic acid groups (broad SMARTS) is 2. The maximum atomic E-state index is 11.2. The highest BCUT2D eigenvalue weighted by Crippen LogP contribution is 2.32. The first-order valence-electron chi connectivity index (χ1n) is 8.34. The van der Waals surface area contributed by atoms with E-state index in [1.54, 1.807) is 9.80 Å². The summed E-state index contributed by atoms with van der Waals surface area (Å²) in [6.07, 6.45) is -0.179. The molecule has 25 heavy (non-hydrogen) atoms. The number of aliphatic carboxylic acids is 2. The van der Waals surface area contributed by atoms with Gasteiger partial charge in [-0.15, -0.1) is 0 Å². The van der Waals surface area contributed by atoms with Crippen LogP contribution in [-0.4, -0.2) is 105 Å². The van der Waals surface area contributed by atoms with Gasteiger partial charge in [0.1, 0.15) is 12.8 Å². The van der Waals surface area contributed by atoms with Crippen LogP contribution in [0.25, 0.3) is 0 Å². The molecule has 0 aliphatic carbocycles.